The van der Waals surface area contributed by atoms with Gasteiger partial charge < -0.3 is 15.1 Å². The van der Waals surface area contributed by atoms with Gasteiger partial charge >= 0.3 is 0 Å². The topological polar surface area (TPSA) is 54.3 Å². The van der Waals surface area contributed by atoms with E-state index in [2.05, 4.69) is 24.5 Å². The minimum atomic E-state index is -0.262. The summed E-state index contributed by atoms with van der Waals surface area (Å²) in [6, 6.07) is 9.94. The minimum absolute atomic E-state index is 0.00466. The molecule has 1 atom stereocenters. The van der Waals surface area contributed by atoms with Crippen molar-refractivity contribution >= 4 is 5.91 Å². The van der Waals surface area contributed by atoms with Crippen LogP contribution < -0.4 is 10.6 Å². The molecule has 2 N–H and O–H groups in total. The van der Waals surface area contributed by atoms with Crippen LogP contribution in [0.5, 0.6) is 0 Å². The zero-order valence-corrected chi connectivity index (χ0v) is 12.8. The fourth-order valence-electron chi connectivity index (χ4n) is 2.27. The van der Waals surface area contributed by atoms with Gasteiger partial charge in [0.1, 0.15) is 11.6 Å². The van der Waals surface area contributed by atoms with Crippen molar-refractivity contribution in [1.82, 2.24) is 10.6 Å². The monoisotopic (exact) mass is 304 g/mol. The highest BCUT2D eigenvalue weighted by Gasteiger charge is 2.16. The molecule has 118 valence electrons. The zero-order valence-electron chi connectivity index (χ0n) is 12.8. The van der Waals surface area contributed by atoms with Gasteiger partial charge in [-0.25, -0.2) is 4.39 Å². The van der Waals surface area contributed by atoms with Gasteiger partial charge in [-0.05, 0) is 35.7 Å². The summed E-state index contributed by atoms with van der Waals surface area (Å²) in [5.41, 5.74) is 0.968. The highest BCUT2D eigenvalue weighted by Crippen LogP contribution is 2.21. The number of carbonyl (C=O) groups is 1. The largest absolute Gasteiger partial charge is 0.467 e. The Labute approximate surface area is 129 Å². The Morgan fingerprint density at radius 1 is 1.23 bits per heavy atom. The molecule has 0 unspecified atom stereocenters. The molecular weight excluding hydrogens is 283 g/mol. The van der Waals surface area contributed by atoms with Gasteiger partial charge in [-0.2, -0.15) is 0 Å². The van der Waals surface area contributed by atoms with E-state index in [1.807, 2.05) is 6.07 Å². The first-order chi connectivity index (χ1) is 10.6. The molecule has 1 heterocycles. The van der Waals surface area contributed by atoms with Crippen molar-refractivity contribution in [3.63, 3.8) is 0 Å². The lowest BCUT2D eigenvalue weighted by molar-refractivity contribution is -0.120. The molecule has 2 aromatic rings. The summed E-state index contributed by atoms with van der Waals surface area (Å²) in [6.07, 6.45) is 1.57. The second-order valence-corrected chi connectivity index (χ2v) is 5.51. The Bertz CT molecular complexity index is 579. The van der Waals surface area contributed by atoms with Gasteiger partial charge in [0.25, 0.3) is 0 Å². The number of rotatable bonds is 7. The second kappa shape index (κ2) is 7.75. The highest BCUT2D eigenvalue weighted by atomic mass is 19.1. The minimum Gasteiger partial charge on any atom is -0.467 e. The van der Waals surface area contributed by atoms with Gasteiger partial charge in [0, 0.05) is 6.04 Å². The smallest absolute Gasteiger partial charge is 0.234 e. The molecule has 5 heteroatoms. The van der Waals surface area contributed by atoms with E-state index < -0.39 is 0 Å². The third kappa shape index (κ3) is 4.70. The average molecular weight is 304 g/mol. The molecule has 22 heavy (non-hydrogen) atoms. The van der Waals surface area contributed by atoms with Gasteiger partial charge in [0.15, 0.2) is 0 Å². The molecule has 1 aromatic heterocycles. The molecule has 0 fully saturated rings. The summed E-state index contributed by atoms with van der Waals surface area (Å²) < 4.78 is 18.2. The Morgan fingerprint density at radius 3 is 2.55 bits per heavy atom. The summed E-state index contributed by atoms with van der Waals surface area (Å²) in [7, 11) is 0. The third-order valence-electron chi connectivity index (χ3n) is 3.42. The van der Waals surface area contributed by atoms with Gasteiger partial charge in [0.2, 0.25) is 5.91 Å². The van der Waals surface area contributed by atoms with Crippen LogP contribution in [0.3, 0.4) is 0 Å². The first-order valence-electron chi connectivity index (χ1n) is 7.34. The van der Waals surface area contributed by atoms with Crippen LogP contribution >= 0.6 is 0 Å². The Morgan fingerprint density at radius 2 is 1.95 bits per heavy atom. The molecule has 0 radical (unpaired) electrons. The number of furan rings is 1. The fourth-order valence-corrected chi connectivity index (χ4v) is 2.27. The van der Waals surface area contributed by atoms with E-state index in [1.165, 1.54) is 12.1 Å². The maximum absolute atomic E-state index is 13.0. The molecule has 4 nitrogen and oxygen atoms in total. The first-order valence-corrected chi connectivity index (χ1v) is 7.34. The van der Waals surface area contributed by atoms with E-state index in [9.17, 15) is 9.18 Å². The van der Waals surface area contributed by atoms with Crippen LogP contribution in [0.15, 0.2) is 47.1 Å². The van der Waals surface area contributed by atoms with Crippen LogP contribution in [0.1, 0.15) is 31.2 Å². The van der Waals surface area contributed by atoms with Crippen LogP contribution in [0, 0.1) is 11.7 Å². The first kappa shape index (κ1) is 16.2. The highest BCUT2D eigenvalue weighted by molar-refractivity contribution is 5.77. The van der Waals surface area contributed by atoms with Crippen LogP contribution in [-0.4, -0.2) is 12.5 Å². The van der Waals surface area contributed by atoms with Gasteiger partial charge in [-0.1, -0.05) is 26.0 Å². The number of nitrogens with one attached hydrogen (secondary N) is 2. The summed E-state index contributed by atoms with van der Waals surface area (Å²) in [4.78, 5) is 11.9. The maximum atomic E-state index is 13.0. The summed E-state index contributed by atoms with van der Waals surface area (Å²) in [5, 5.41) is 6.00. The van der Waals surface area contributed by atoms with Crippen molar-refractivity contribution in [2.45, 2.75) is 26.4 Å². The number of hydrogen-bond acceptors (Lipinski definition) is 3. The lowest BCUT2D eigenvalue weighted by atomic mass is 9.96. The van der Waals surface area contributed by atoms with Crippen LogP contribution in [-0.2, 0) is 11.3 Å². The lowest BCUT2D eigenvalue weighted by Gasteiger charge is -2.22. The molecule has 2 rings (SSSR count). The van der Waals surface area contributed by atoms with Gasteiger partial charge in [-0.15, -0.1) is 0 Å². The molecule has 0 saturated heterocycles. The van der Waals surface area contributed by atoms with Crippen LogP contribution in [0.25, 0.3) is 0 Å². The van der Waals surface area contributed by atoms with Crippen LogP contribution in [0.2, 0.25) is 0 Å². The van der Waals surface area contributed by atoms with Gasteiger partial charge in [-0.3, -0.25) is 4.79 Å². The number of halogens is 1. The molecular formula is C17H21FN2O2. The molecule has 1 amide bonds. The van der Waals surface area contributed by atoms with E-state index >= 15 is 0 Å². The van der Waals surface area contributed by atoms with Crippen LogP contribution in [0.4, 0.5) is 4.39 Å². The average Bonchev–Trinajstić information content (AvgIpc) is 3.00. The Hall–Kier alpha value is -2.14. The normalized spacial score (nSPS) is 12.4. The molecule has 0 bridgehead atoms. The molecule has 0 saturated carbocycles. The molecule has 0 aliphatic rings. The number of amides is 1. The van der Waals surface area contributed by atoms with E-state index in [0.29, 0.717) is 12.3 Å². The van der Waals surface area contributed by atoms with Crippen molar-refractivity contribution in [2.75, 3.05) is 6.54 Å². The Balaban J connectivity index is 1.86. The van der Waals surface area contributed by atoms with Crippen molar-refractivity contribution in [2.24, 2.45) is 5.92 Å². The third-order valence-corrected chi connectivity index (χ3v) is 3.42. The molecule has 0 spiro atoms. The zero-order chi connectivity index (χ0) is 15.9. The molecule has 0 aliphatic heterocycles. The van der Waals surface area contributed by atoms with E-state index in [-0.39, 0.29) is 30.2 Å². The van der Waals surface area contributed by atoms with Crippen molar-refractivity contribution in [3.05, 3.63) is 59.8 Å². The van der Waals surface area contributed by atoms with E-state index in [0.717, 1.165) is 5.56 Å². The summed E-state index contributed by atoms with van der Waals surface area (Å²) in [6.45, 7) is 4.68. The summed E-state index contributed by atoms with van der Waals surface area (Å²) >= 11 is 0. The second-order valence-electron chi connectivity index (χ2n) is 5.51. The Kier molecular flexibility index (Phi) is 5.72. The molecule has 0 aliphatic carbocycles. The lowest BCUT2D eigenvalue weighted by Crippen LogP contribution is -2.37. The predicted molar refractivity (Wildman–Crippen MR) is 82.5 cm³/mol. The quantitative estimate of drug-likeness (QED) is 0.826. The van der Waals surface area contributed by atoms with Crippen molar-refractivity contribution in [3.8, 4) is 0 Å². The molecule has 1 aromatic carbocycles. The predicted octanol–water partition coefficient (Wildman–Crippen LogP) is 3.02. The fraction of sp³-hybridized carbons (Fsp3) is 0.353. The summed E-state index contributed by atoms with van der Waals surface area (Å²) in [5.74, 6) is 0.627. The van der Waals surface area contributed by atoms with E-state index in [4.69, 9.17) is 4.42 Å². The van der Waals surface area contributed by atoms with E-state index in [1.54, 1.807) is 24.5 Å². The van der Waals surface area contributed by atoms with Gasteiger partial charge in [0.05, 0.1) is 19.4 Å². The standard InChI is InChI=1S/C17H21FN2O2/c1-12(2)17(13-5-7-14(18)8-6-13)20-11-16(21)19-10-15-4-3-9-22-15/h3-9,12,17,20H,10-11H2,1-2H3,(H,19,21)/t17-/m0/s1. The van der Waals surface area contributed by atoms with Crippen molar-refractivity contribution in [1.29, 1.82) is 0 Å². The number of benzene rings is 1. The number of carbonyl (C=O) groups excluding carboxylic acids is 1. The van der Waals surface area contributed by atoms with Crippen molar-refractivity contribution < 1.29 is 13.6 Å². The number of hydrogen-bond donors (Lipinski definition) is 2. The SMILES string of the molecule is CC(C)[C@H](NCC(=O)NCc1ccco1)c1ccc(F)cc1. The maximum Gasteiger partial charge on any atom is 0.234 e.